The molecule has 2 atom stereocenters. The van der Waals surface area contributed by atoms with E-state index in [1.807, 2.05) is 0 Å². The molecule has 28 heavy (non-hydrogen) atoms. The third kappa shape index (κ3) is 4.65. The molecule has 2 saturated carbocycles. The highest BCUT2D eigenvalue weighted by atomic mass is 19.1. The molecule has 4 nitrogen and oxygen atoms in total. The Balaban J connectivity index is 1.23. The van der Waals surface area contributed by atoms with Gasteiger partial charge < -0.3 is 15.0 Å². The summed E-state index contributed by atoms with van der Waals surface area (Å²) in [6.45, 7) is 6.24. The Hall–Kier alpha value is -1.69. The normalized spacial score (nSPS) is 25.5. The van der Waals surface area contributed by atoms with Crippen molar-refractivity contribution in [1.82, 2.24) is 10.2 Å². The van der Waals surface area contributed by atoms with Crippen LogP contribution in [0, 0.1) is 29.4 Å². The smallest absolute Gasteiger partial charge is 0.257 e. The number of halogens is 2. The molecular formula is C22H30F2N2O2. The van der Waals surface area contributed by atoms with Gasteiger partial charge in [0.1, 0.15) is 22.9 Å². The van der Waals surface area contributed by atoms with Crippen LogP contribution in [0.3, 0.4) is 0 Å². The van der Waals surface area contributed by atoms with Gasteiger partial charge in [0, 0.05) is 18.2 Å². The number of piperidine rings is 1. The molecule has 0 spiro atoms. The van der Waals surface area contributed by atoms with Crippen LogP contribution in [0.15, 0.2) is 12.1 Å². The van der Waals surface area contributed by atoms with Crippen molar-refractivity contribution in [2.45, 2.75) is 51.5 Å². The van der Waals surface area contributed by atoms with Gasteiger partial charge in [0.2, 0.25) is 0 Å². The number of benzene rings is 1. The van der Waals surface area contributed by atoms with Crippen molar-refractivity contribution in [3.05, 3.63) is 29.3 Å². The first-order valence-electron chi connectivity index (χ1n) is 10.7. The van der Waals surface area contributed by atoms with E-state index in [0.29, 0.717) is 12.5 Å². The molecule has 1 aromatic carbocycles. The highest BCUT2D eigenvalue weighted by molar-refractivity contribution is 5.95. The van der Waals surface area contributed by atoms with Crippen LogP contribution in [-0.2, 0) is 0 Å². The van der Waals surface area contributed by atoms with Crippen molar-refractivity contribution in [3.8, 4) is 5.75 Å². The van der Waals surface area contributed by atoms with Crippen LogP contribution >= 0.6 is 0 Å². The summed E-state index contributed by atoms with van der Waals surface area (Å²) in [7, 11) is 0. The minimum absolute atomic E-state index is 0.0583. The van der Waals surface area contributed by atoms with E-state index in [9.17, 15) is 13.6 Å². The molecule has 2 aliphatic carbocycles. The molecule has 0 aromatic heterocycles. The number of carbonyl (C=O) groups is 1. The van der Waals surface area contributed by atoms with Crippen LogP contribution in [0.5, 0.6) is 5.75 Å². The third-order valence-electron chi connectivity index (χ3n) is 6.57. The molecule has 0 radical (unpaired) electrons. The van der Waals surface area contributed by atoms with E-state index >= 15 is 0 Å². The molecule has 1 aromatic rings. The lowest BCUT2D eigenvalue weighted by atomic mass is 9.90. The number of nitrogens with one attached hydrogen (secondary N) is 1. The quantitative estimate of drug-likeness (QED) is 0.727. The van der Waals surface area contributed by atoms with E-state index in [0.717, 1.165) is 49.8 Å². The van der Waals surface area contributed by atoms with E-state index in [1.165, 1.54) is 32.4 Å². The largest absolute Gasteiger partial charge is 0.493 e. The fraction of sp³-hybridized carbons (Fsp3) is 0.682. The minimum Gasteiger partial charge on any atom is -0.493 e. The molecule has 0 unspecified atom stereocenters. The predicted molar refractivity (Wildman–Crippen MR) is 103 cm³/mol. The monoisotopic (exact) mass is 392 g/mol. The highest BCUT2D eigenvalue weighted by Gasteiger charge is 2.42. The standard InChI is InChI=1S/C22H30F2N2O2/c1-2-26-8-5-14(6-9-26)18-11-15(18)7-10-28-17-12-19(23)21(20(24)13-17)22(27)25-16-3-4-16/h12-16,18H,2-11H2,1H3,(H,25,27)/t15-,18-/m1/s1. The molecule has 1 N–H and O–H groups in total. The maximum absolute atomic E-state index is 14.2. The van der Waals surface area contributed by atoms with Crippen molar-refractivity contribution in [1.29, 1.82) is 0 Å². The average Bonchev–Trinajstić information content (AvgIpc) is 3.58. The summed E-state index contributed by atoms with van der Waals surface area (Å²) in [5.74, 6) is 0.0543. The molecule has 3 aliphatic rings. The summed E-state index contributed by atoms with van der Waals surface area (Å²) in [5.41, 5.74) is -0.514. The van der Waals surface area contributed by atoms with Crippen LogP contribution in [0.25, 0.3) is 0 Å². The molecule has 3 fully saturated rings. The Morgan fingerprint density at radius 3 is 2.46 bits per heavy atom. The van der Waals surface area contributed by atoms with E-state index in [4.69, 9.17) is 4.74 Å². The summed E-state index contributed by atoms with van der Waals surface area (Å²) in [6.07, 6.45) is 6.49. The lowest BCUT2D eigenvalue weighted by Crippen LogP contribution is -2.34. The fourth-order valence-electron chi connectivity index (χ4n) is 4.54. The number of hydrogen-bond donors (Lipinski definition) is 1. The van der Waals surface area contributed by atoms with E-state index in [2.05, 4.69) is 17.1 Å². The molecule has 1 heterocycles. The van der Waals surface area contributed by atoms with Crippen LogP contribution < -0.4 is 10.1 Å². The van der Waals surface area contributed by atoms with Crippen molar-refractivity contribution in [2.24, 2.45) is 17.8 Å². The topological polar surface area (TPSA) is 41.6 Å². The van der Waals surface area contributed by atoms with E-state index < -0.39 is 23.1 Å². The predicted octanol–water partition coefficient (Wildman–Crippen LogP) is 3.99. The number of rotatable bonds is 8. The minimum atomic E-state index is -0.861. The number of nitrogens with zero attached hydrogens (tertiary/aromatic N) is 1. The first-order chi connectivity index (χ1) is 13.5. The highest BCUT2D eigenvalue weighted by Crippen LogP contribution is 2.49. The number of carbonyl (C=O) groups excluding carboxylic acids is 1. The van der Waals surface area contributed by atoms with E-state index in [-0.39, 0.29) is 11.8 Å². The SMILES string of the molecule is CCN1CCC([C@H]2C[C@H]2CCOc2cc(F)c(C(=O)NC3CC3)c(F)c2)CC1. The summed E-state index contributed by atoms with van der Waals surface area (Å²) in [6, 6.07) is 2.30. The lowest BCUT2D eigenvalue weighted by molar-refractivity contribution is 0.0942. The Bertz CT molecular complexity index is 691. The van der Waals surface area contributed by atoms with E-state index in [1.54, 1.807) is 0 Å². The summed E-state index contributed by atoms with van der Waals surface area (Å²) in [5, 5.41) is 2.62. The summed E-state index contributed by atoms with van der Waals surface area (Å²) >= 11 is 0. The molecule has 1 saturated heterocycles. The van der Waals surface area contributed by atoms with Gasteiger partial charge in [-0.1, -0.05) is 6.92 Å². The van der Waals surface area contributed by atoms with Crippen molar-refractivity contribution in [2.75, 3.05) is 26.2 Å². The molecule has 154 valence electrons. The van der Waals surface area contributed by atoms with Gasteiger partial charge in [0.05, 0.1) is 6.61 Å². The first-order valence-corrected chi connectivity index (χ1v) is 10.7. The molecule has 4 rings (SSSR count). The number of likely N-dealkylation sites (tertiary alicyclic amines) is 1. The Kier molecular flexibility index (Phi) is 5.85. The number of ether oxygens (including phenoxy) is 1. The zero-order valence-corrected chi connectivity index (χ0v) is 16.6. The van der Waals surface area contributed by atoms with Gasteiger partial charge in [-0.25, -0.2) is 8.78 Å². The van der Waals surface area contributed by atoms with Crippen molar-refractivity contribution < 1.29 is 18.3 Å². The molecular weight excluding hydrogens is 362 g/mol. The van der Waals surface area contributed by atoms with Crippen molar-refractivity contribution in [3.63, 3.8) is 0 Å². The second-order valence-corrected chi connectivity index (χ2v) is 8.58. The van der Waals surface area contributed by atoms with Gasteiger partial charge in [-0.3, -0.25) is 4.79 Å². The first kappa shape index (κ1) is 19.6. The van der Waals surface area contributed by atoms with Gasteiger partial charge in [-0.05, 0) is 75.9 Å². The number of hydrogen-bond acceptors (Lipinski definition) is 3. The summed E-state index contributed by atoms with van der Waals surface area (Å²) in [4.78, 5) is 14.5. The number of amides is 1. The Morgan fingerprint density at radius 1 is 1.18 bits per heavy atom. The summed E-state index contributed by atoms with van der Waals surface area (Å²) < 4.78 is 34.0. The van der Waals surface area contributed by atoms with Gasteiger partial charge in [0.15, 0.2) is 0 Å². The maximum Gasteiger partial charge on any atom is 0.257 e. The van der Waals surface area contributed by atoms with Crippen LogP contribution in [0.2, 0.25) is 0 Å². The second kappa shape index (κ2) is 8.36. The molecule has 0 bridgehead atoms. The zero-order chi connectivity index (χ0) is 19.7. The van der Waals surface area contributed by atoms with Crippen molar-refractivity contribution >= 4 is 5.91 Å². The van der Waals surface area contributed by atoms with Gasteiger partial charge >= 0.3 is 0 Å². The van der Waals surface area contributed by atoms with Gasteiger partial charge in [0.25, 0.3) is 5.91 Å². The second-order valence-electron chi connectivity index (χ2n) is 8.58. The fourth-order valence-corrected chi connectivity index (χ4v) is 4.54. The molecule has 6 heteroatoms. The molecule has 1 aliphatic heterocycles. The van der Waals surface area contributed by atoms with Gasteiger partial charge in [-0.15, -0.1) is 0 Å². The van der Waals surface area contributed by atoms with Crippen LogP contribution in [-0.4, -0.2) is 43.1 Å². The average molecular weight is 392 g/mol. The zero-order valence-electron chi connectivity index (χ0n) is 16.6. The Labute approximate surface area is 165 Å². The Morgan fingerprint density at radius 2 is 1.86 bits per heavy atom. The molecule has 1 amide bonds. The third-order valence-corrected chi connectivity index (χ3v) is 6.57. The van der Waals surface area contributed by atoms with Crippen LogP contribution in [0.4, 0.5) is 8.78 Å². The lowest BCUT2D eigenvalue weighted by Gasteiger charge is -2.31. The van der Waals surface area contributed by atoms with Crippen LogP contribution in [0.1, 0.15) is 55.8 Å². The maximum atomic E-state index is 14.2. The van der Waals surface area contributed by atoms with Gasteiger partial charge in [-0.2, -0.15) is 0 Å².